The summed E-state index contributed by atoms with van der Waals surface area (Å²) in [6.45, 7) is 3.69. The van der Waals surface area contributed by atoms with Gasteiger partial charge < -0.3 is 5.73 Å². The molecule has 2 unspecified atom stereocenters. The Morgan fingerprint density at radius 3 is 2.56 bits per heavy atom. The number of hydrogen-bond donors (Lipinski definition) is 1. The molecule has 0 spiro atoms. The minimum atomic E-state index is -4.33. The van der Waals surface area contributed by atoms with Gasteiger partial charge >= 0.3 is 6.18 Å². The lowest BCUT2D eigenvalue weighted by molar-refractivity contribution is -0.137. The van der Waals surface area contributed by atoms with Crippen molar-refractivity contribution in [2.24, 2.45) is 5.73 Å². The molecule has 2 atom stereocenters. The molecule has 0 amide bonds. The number of rotatable bonds is 3. The molecule has 2 nitrogen and oxygen atoms in total. The Kier molecular flexibility index (Phi) is 3.91. The zero-order valence-electron chi connectivity index (χ0n) is 9.25. The van der Waals surface area contributed by atoms with E-state index in [0.717, 1.165) is 12.1 Å². The number of aromatic nitrogens is 1. The van der Waals surface area contributed by atoms with E-state index in [0.29, 0.717) is 12.1 Å². The summed E-state index contributed by atoms with van der Waals surface area (Å²) in [5.41, 5.74) is 5.51. The second kappa shape index (κ2) is 4.82. The lowest BCUT2D eigenvalue weighted by Crippen LogP contribution is -2.26. The van der Waals surface area contributed by atoms with E-state index in [-0.39, 0.29) is 12.0 Å². The highest BCUT2D eigenvalue weighted by Gasteiger charge is 2.31. The maximum atomic E-state index is 12.5. The Labute approximate surface area is 92.7 Å². The highest BCUT2D eigenvalue weighted by atomic mass is 19.4. The van der Waals surface area contributed by atoms with Crippen LogP contribution in [-0.2, 0) is 6.18 Å². The normalized spacial score (nSPS) is 15.9. The van der Waals surface area contributed by atoms with Crippen LogP contribution in [0.3, 0.4) is 0 Å². The highest BCUT2D eigenvalue weighted by Crippen LogP contribution is 2.30. The van der Waals surface area contributed by atoms with Crippen molar-refractivity contribution in [3.63, 3.8) is 0 Å². The number of nitrogens with zero attached hydrogens (tertiary/aromatic N) is 1. The third kappa shape index (κ3) is 2.95. The molecule has 0 aliphatic rings. The van der Waals surface area contributed by atoms with Crippen LogP contribution < -0.4 is 5.73 Å². The number of nitrogens with two attached hydrogens (primary N) is 1. The minimum Gasteiger partial charge on any atom is -0.327 e. The SMILES string of the molecule is CCC(N)C(C)c1cc(C(F)(F)F)ccn1. The lowest BCUT2D eigenvalue weighted by atomic mass is 9.95. The fourth-order valence-corrected chi connectivity index (χ4v) is 1.45. The van der Waals surface area contributed by atoms with Gasteiger partial charge in [-0.25, -0.2) is 0 Å². The third-order valence-electron chi connectivity index (χ3n) is 2.69. The number of hydrogen-bond acceptors (Lipinski definition) is 2. The number of pyridine rings is 1. The molecule has 16 heavy (non-hydrogen) atoms. The van der Waals surface area contributed by atoms with Crippen LogP contribution in [0.2, 0.25) is 0 Å². The molecule has 0 aromatic carbocycles. The average Bonchev–Trinajstić information content (AvgIpc) is 2.26. The average molecular weight is 232 g/mol. The number of halogens is 3. The van der Waals surface area contributed by atoms with Crippen LogP contribution >= 0.6 is 0 Å². The molecule has 0 aliphatic carbocycles. The van der Waals surface area contributed by atoms with Crippen LogP contribution in [0.1, 0.15) is 37.4 Å². The summed E-state index contributed by atoms with van der Waals surface area (Å²) < 4.78 is 37.4. The lowest BCUT2D eigenvalue weighted by Gasteiger charge is -2.18. The molecule has 2 N–H and O–H groups in total. The van der Waals surface area contributed by atoms with E-state index < -0.39 is 11.7 Å². The van der Waals surface area contributed by atoms with Crippen molar-refractivity contribution in [1.29, 1.82) is 0 Å². The molecule has 0 radical (unpaired) electrons. The van der Waals surface area contributed by atoms with Gasteiger partial charge in [0.1, 0.15) is 0 Å². The standard InChI is InChI=1S/C11H15F3N2/c1-3-9(15)7(2)10-6-8(4-5-16-10)11(12,13)14/h4-7,9H,3,15H2,1-2H3. The number of alkyl halides is 3. The fraction of sp³-hybridized carbons (Fsp3) is 0.545. The molecule has 0 saturated carbocycles. The maximum absolute atomic E-state index is 12.5. The summed E-state index contributed by atoms with van der Waals surface area (Å²) in [6, 6.07) is 1.87. The van der Waals surface area contributed by atoms with Crippen molar-refractivity contribution in [2.75, 3.05) is 0 Å². The Bertz CT molecular complexity index is 349. The van der Waals surface area contributed by atoms with E-state index >= 15 is 0 Å². The van der Waals surface area contributed by atoms with Crippen LogP contribution in [0.5, 0.6) is 0 Å². The van der Waals surface area contributed by atoms with E-state index in [1.54, 1.807) is 6.92 Å². The Balaban J connectivity index is 2.99. The van der Waals surface area contributed by atoms with Gasteiger partial charge in [0.05, 0.1) is 5.56 Å². The molecule has 1 rings (SSSR count). The molecule has 5 heteroatoms. The molecule has 0 fully saturated rings. The van der Waals surface area contributed by atoms with Crippen LogP contribution in [0.15, 0.2) is 18.3 Å². The molecule has 1 heterocycles. The van der Waals surface area contributed by atoms with Crippen molar-refractivity contribution in [3.8, 4) is 0 Å². The Morgan fingerprint density at radius 1 is 1.44 bits per heavy atom. The Hall–Kier alpha value is -1.10. The third-order valence-corrected chi connectivity index (χ3v) is 2.69. The van der Waals surface area contributed by atoms with Crippen LogP contribution in [-0.4, -0.2) is 11.0 Å². The first kappa shape index (κ1) is 13.0. The second-order valence-corrected chi connectivity index (χ2v) is 3.83. The van der Waals surface area contributed by atoms with E-state index in [1.165, 1.54) is 6.20 Å². The van der Waals surface area contributed by atoms with Crippen molar-refractivity contribution < 1.29 is 13.2 Å². The van der Waals surface area contributed by atoms with E-state index in [1.807, 2.05) is 6.92 Å². The molecule has 0 saturated heterocycles. The molecular weight excluding hydrogens is 217 g/mol. The van der Waals surface area contributed by atoms with Gasteiger partial charge in [-0.05, 0) is 18.6 Å². The largest absolute Gasteiger partial charge is 0.416 e. The van der Waals surface area contributed by atoms with Crippen molar-refractivity contribution in [2.45, 2.75) is 38.4 Å². The zero-order valence-corrected chi connectivity index (χ0v) is 9.25. The summed E-state index contributed by atoms with van der Waals surface area (Å²) in [7, 11) is 0. The molecule has 0 aliphatic heterocycles. The van der Waals surface area contributed by atoms with Crippen molar-refractivity contribution in [3.05, 3.63) is 29.6 Å². The molecular formula is C11H15F3N2. The van der Waals surface area contributed by atoms with Crippen LogP contribution in [0.4, 0.5) is 13.2 Å². The van der Waals surface area contributed by atoms with Gasteiger partial charge in [0, 0.05) is 23.9 Å². The van der Waals surface area contributed by atoms with Gasteiger partial charge in [-0.15, -0.1) is 0 Å². The summed E-state index contributed by atoms with van der Waals surface area (Å²) in [5, 5.41) is 0. The molecule has 0 bridgehead atoms. The molecule has 1 aromatic heterocycles. The van der Waals surface area contributed by atoms with E-state index in [2.05, 4.69) is 4.98 Å². The first-order chi connectivity index (χ1) is 7.36. The van der Waals surface area contributed by atoms with E-state index in [4.69, 9.17) is 5.73 Å². The highest BCUT2D eigenvalue weighted by molar-refractivity contribution is 5.22. The summed E-state index contributed by atoms with van der Waals surface area (Å²) >= 11 is 0. The summed E-state index contributed by atoms with van der Waals surface area (Å²) in [5.74, 6) is -0.174. The van der Waals surface area contributed by atoms with Gasteiger partial charge in [-0.2, -0.15) is 13.2 Å². The monoisotopic (exact) mass is 232 g/mol. The topological polar surface area (TPSA) is 38.9 Å². The van der Waals surface area contributed by atoms with Crippen LogP contribution in [0.25, 0.3) is 0 Å². The van der Waals surface area contributed by atoms with Gasteiger partial charge in [-0.3, -0.25) is 4.98 Å². The van der Waals surface area contributed by atoms with Crippen molar-refractivity contribution >= 4 is 0 Å². The Morgan fingerprint density at radius 2 is 2.06 bits per heavy atom. The van der Waals surface area contributed by atoms with Gasteiger partial charge in [0.15, 0.2) is 0 Å². The first-order valence-corrected chi connectivity index (χ1v) is 5.15. The zero-order chi connectivity index (χ0) is 12.3. The second-order valence-electron chi connectivity index (χ2n) is 3.83. The van der Waals surface area contributed by atoms with Gasteiger partial charge in [-0.1, -0.05) is 13.8 Å². The summed E-state index contributed by atoms with van der Waals surface area (Å²) in [4.78, 5) is 3.94. The van der Waals surface area contributed by atoms with Gasteiger partial charge in [0.25, 0.3) is 0 Å². The molecule has 1 aromatic rings. The predicted octanol–water partition coefficient (Wildman–Crippen LogP) is 2.94. The quantitative estimate of drug-likeness (QED) is 0.870. The van der Waals surface area contributed by atoms with E-state index in [9.17, 15) is 13.2 Å². The van der Waals surface area contributed by atoms with Gasteiger partial charge in [0.2, 0.25) is 0 Å². The first-order valence-electron chi connectivity index (χ1n) is 5.15. The van der Waals surface area contributed by atoms with Crippen molar-refractivity contribution in [1.82, 2.24) is 4.98 Å². The fourth-order valence-electron chi connectivity index (χ4n) is 1.45. The smallest absolute Gasteiger partial charge is 0.327 e. The van der Waals surface area contributed by atoms with Crippen LogP contribution in [0, 0.1) is 0 Å². The predicted molar refractivity (Wildman–Crippen MR) is 55.9 cm³/mol. The maximum Gasteiger partial charge on any atom is 0.416 e. The molecule has 90 valence electrons. The minimum absolute atomic E-state index is 0.170. The summed E-state index contributed by atoms with van der Waals surface area (Å²) in [6.07, 6.45) is -2.44.